The molecule has 1 aliphatic rings. The number of nitrogens with one attached hydrogen (secondary N) is 1. The van der Waals surface area contributed by atoms with Crippen molar-refractivity contribution in [1.29, 1.82) is 0 Å². The second-order valence-electron chi connectivity index (χ2n) is 4.45. The molecule has 20 heavy (non-hydrogen) atoms. The van der Waals surface area contributed by atoms with E-state index in [4.69, 9.17) is 9.47 Å². The Kier molecular flexibility index (Phi) is 2.50. The van der Waals surface area contributed by atoms with E-state index in [0.29, 0.717) is 34.1 Å². The van der Waals surface area contributed by atoms with E-state index in [9.17, 15) is 4.79 Å². The summed E-state index contributed by atoms with van der Waals surface area (Å²) in [5, 5.41) is 1.85. The van der Waals surface area contributed by atoms with Gasteiger partial charge in [0.05, 0.1) is 5.52 Å². The molecule has 0 bridgehead atoms. The summed E-state index contributed by atoms with van der Waals surface area (Å²) in [6.45, 7) is 0.329. The number of rotatable bonds is 1. The van der Waals surface area contributed by atoms with E-state index >= 15 is 0 Å². The number of aromatic nitrogens is 2. The normalized spacial score (nSPS) is 17.3. The van der Waals surface area contributed by atoms with Crippen LogP contribution in [0.4, 0.5) is 0 Å². The molecule has 0 saturated carbocycles. The average Bonchev–Trinajstić information content (AvgIpc) is 2.96. The molecule has 0 spiro atoms. The molecule has 3 aromatic rings. The molecule has 1 unspecified atom stereocenters. The molecule has 0 radical (unpaired) electrons. The zero-order valence-electron chi connectivity index (χ0n) is 10.3. The molecule has 1 N–H and O–H groups in total. The second kappa shape index (κ2) is 4.35. The van der Waals surface area contributed by atoms with Crippen LogP contribution in [0.15, 0.2) is 40.5 Å². The van der Waals surface area contributed by atoms with Crippen LogP contribution in [0.1, 0.15) is 11.9 Å². The van der Waals surface area contributed by atoms with E-state index < -0.39 is 6.10 Å². The lowest BCUT2D eigenvalue weighted by Crippen LogP contribution is -2.25. The molecular formula is C14H10N2O3S. The molecule has 6 heteroatoms. The topological polar surface area (TPSA) is 64.2 Å². The summed E-state index contributed by atoms with van der Waals surface area (Å²) in [6.07, 6.45) is -0.401. The van der Waals surface area contributed by atoms with Crippen molar-refractivity contribution < 1.29 is 9.47 Å². The fraction of sp³-hybridized carbons (Fsp3) is 0.143. The zero-order chi connectivity index (χ0) is 13.5. The molecule has 1 aromatic carbocycles. The third-order valence-electron chi connectivity index (χ3n) is 3.15. The number of para-hydroxylation sites is 2. The van der Waals surface area contributed by atoms with Crippen LogP contribution in [0.25, 0.3) is 10.2 Å². The monoisotopic (exact) mass is 286 g/mol. The largest absolute Gasteiger partial charge is 0.485 e. The number of nitrogens with zero attached hydrogens (tertiary/aromatic N) is 1. The molecule has 3 heterocycles. The fourth-order valence-corrected chi connectivity index (χ4v) is 2.92. The first kappa shape index (κ1) is 11.5. The quantitative estimate of drug-likeness (QED) is 0.746. The van der Waals surface area contributed by atoms with Gasteiger partial charge < -0.3 is 14.5 Å². The molecule has 0 amide bonds. The minimum Gasteiger partial charge on any atom is -0.485 e. The minimum absolute atomic E-state index is 0.137. The summed E-state index contributed by atoms with van der Waals surface area (Å²) >= 11 is 1.38. The van der Waals surface area contributed by atoms with Crippen molar-refractivity contribution in [3.63, 3.8) is 0 Å². The first-order chi connectivity index (χ1) is 9.81. The van der Waals surface area contributed by atoms with Crippen molar-refractivity contribution in [1.82, 2.24) is 9.97 Å². The minimum atomic E-state index is -0.401. The molecule has 2 aromatic heterocycles. The summed E-state index contributed by atoms with van der Waals surface area (Å²) < 4.78 is 12.1. The van der Waals surface area contributed by atoms with Gasteiger partial charge in [-0.2, -0.15) is 0 Å². The van der Waals surface area contributed by atoms with E-state index in [-0.39, 0.29) is 5.56 Å². The number of aromatic amines is 1. The third kappa shape index (κ3) is 1.77. The second-order valence-corrected chi connectivity index (χ2v) is 5.37. The highest BCUT2D eigenvalue weighted by molar-refractivity contribution is 7.17. The predicted octanol–water partition coefficient (Wildman–Crippen LogP) is 2.50. The van der Waals surface area contributed by atoms with Crippen LogP contribution in [0.2, 0.25) is 0 Å². The average molecular weight is 286 g/mol. The Morgan fingerprint density at radius 3 is 3.00 bits per heavy atom. The highest BCUT2D eigenvalue weighted by Gasteiger charge is 2.24. The predicted molar refractivity (Wildman–Crippen MR) is 75.5 cm³/mol. The van der Waals surface area contributed by atoms with Crippen LogP contribution in [-0.2, 0) is 0 Å². The first-order valence-electron chi connectivity index (χ1n) is 6.17. The van der Waals surface area contributed by atoms with E-state index in [2.05, 4.69) is 9.97 Å². The maximum Gasteiger partial charge on any atom is 0.268 e. The van der Waals surface area contributed by atoms with E-state index in [1.165, 1.54) is 11.3 Å². The van der Waals surface area contributed by atoms with Gasteiger partial charge in [0.25, 0.3) is 5.56 Å². The number of benzene rings is 1. The highest BCUT2D eigenvalue weighted by atomic mass is 32.1. The van der Waals surface area contributed by atoms with Crippen molar-refractivity contribution in [3.05, 3.63) is 51.9 Å². The Morgan fingerprint density at radius 2 is 2.10 bits per heavy atom. The van der Waals surface area contributed by atoms with Crippen molar-refractivity contribution in [2.24, 2.45) is 0 Å². The van der Waals surface area contributed by atoms with Crippen molar-refractivity contribution in [2.75, 3.05) is 6.61 Å². The molecule has 1 atom stereocenters. The van der Waals surface area contributed by atoms with Crippen LogP contribution in [-0.4, -0.2) is 16.6 Å². The maximum absolute atomic E-state index is 12.0. The molecule has 5 nitrogen and oxygen atoms in total. The smallest absolute Gasteiger partial charge is 0.268 e. The molecule has 100 valence electrons. The Labute approximate surface area is 117 Å². The number of hydrogen-bond donors (Lipinski definition) is 1. The van der Waals surface area contributed by atoms with Gasteiger partial charge in [-0.15, -0.1) is 11.3 Å². The van der Waals surface area contributed by atoms with Crippen LogP contribution in [0.5, 0.6) is 11.5 Å². The lowest BCUT2D eigenvalue weighted by atomic mass is 10.2. The summed E-state index contributed by atoms with van der Waals surface area (Å²) in [5.74, 6) is 1.87. The van der Waals surface area contributed by atoms with Gasteiger partial charge in [0.2, 0.25) is 0 Å². The molecule has 0 aliphatic carbocycles. The number of H-pyrrole nitrogens is 1. The van der Waals surface area contributed by atoms with Gasteiger partial charge in [0.15, 0.2) is 23.4 Å². The van der Waals surface area contributed by atoms with Crippen LogP contribution in [0, 0.1) is 0 Å². The van der Waals surface area contributed by atoms with Gasteiger partial charge in [0, 0.05) is 0 Å². The van der Waals surface area contributed by atoms with Crippen LogP contribution in [0.3, 0.4) is 0 Å². The maximum atomic E-state index is 12.0. The van der Waals surface area contributed by atoms with Crippen LogP contribution >= 0.6 is 11.3 Å². The van der Waals surface area contributed by atoms with Gasteiger partial charge in [-0.05, 0) is 23.6 Å². The molecular weight excluding hydrogens is 276 g/mol. The van der Waals surface area contributed by atoms with Crippen molar-refractivity contribution >= 4 is 21.6 Å². The zero-order valence-corrected chi connectivity index (χ0v) is 11.1. The Morgan fingerprint density at radius 1 is 1.25 bits per heavy atom. The Bertz CT molecular complexity index is 840. The standard InChI is InChI=1S/C14H10N2O3S/c17-14-12-8(5-6-20-12)15-13(16-14)11-7-18-9-3-1-2-4-10(9)19-11/h1-6,11H,7H2,(H,15,16,17). The summed E-state index contributed by atoms with van der Waals surface area (Å²) in [7, 11) is 0. The third-order valence-corrected chi connectivity index (χ3v) is 4.05. The Balaban J connectivity index is 1.75. The summed E-state index contributed by atoms with van der Waals surface area (Å²) in [4.78, 5) is 19.2. The molecule has 0 fully saturated rings. The van der Waals surface area contributed by atoms with E-state index in [1.54, 1.807) is 0 Å². The van der Waals surface area contributed by atoms with Gasteiger partial charge in [0.1, 0.15) is 11.3 Å². The van der Waals surface area contributed by atoms with Crippen molar-refractivity contribution in [2.45, 2.75) is 6.10 Å². The summed E-state index contributed by atoms with van der Waals surface area (Å²) in [6, 6.07) is 9.28. The number of ether oxygens (including phenoxy) is 2. The van der Waals surface area contributed by atoms with Gasteiger partial charge >= 0.3 is 0 Å². The molecule has 4 rings (SSSR count). The highest BCUT2D eigenvalue weighted by Crippen LogP contribution is 2.35. The van der Waals surface area contributed by atoms with Gasteiger partial charge in [-0.25, -0.2) is 4.98 Å². The summed E-state index contributed by atoms with van der Waals surface area (Å²) in [5.41, 5.74) is 0.554. The lowest BCUT2D eigenvalue weighted by molar-refractivity contribution is 0.0852. The van der Waals surface area contributed by atoms with Crippen LogP contribution < -0.4 is 15.0 Å². The van der Waals surface area contributed by atoms with E-state index in [0.717, 1.165) is 0 Å². The van der Waals surface area contributed by atoms with E-state index in [1.807, 2.05) is 35.7 Å². The van der Waals surface area contributed by atoms with Gasteiger partial charge in [-0.3, -0.25) is 4.79 Å². The van der Waals surface area contributed by atoms with Crippen molar-refractivity contribution in [3.8, 4) is 11.5 Å². The number of hydrogen-bond acceptors (Lipinski definition) is 5. The number of fused-ring (bicyclic) bond motifs is 2. The lowest BCUT2D eigenvalue weighted by Gasteiger charge is -2.25. The molecule has 1 aliphatic heterocycles. The molecule has 0 saturated heterocycles. The van der Waals surface area contributed by atoms with Gasteiger partial charge in [-0.1, -0.05) is 12.1 Å². The Hall–Kier alpha value is -2.34. The fourth-order valence-electron chi connectivity index (χ4n) is 2.20. The first-order valence-corrected chi connectivity index (χ1v) is 7.05. The number of thiophene rings is 1. The SMILES string of the molecule is O=c1[nH]c(C2COc3ccccc3O2)nc2ccsc12.